The molecule has 0 amide bonds. The first kappa shape index (κ1) is 16.3. The molecule has 2 aromatic rings. The Morgan fingerprint density at radius 3 is 2.83 bits per heavy atom. The van der Waals surface area contributed by atoms with Crippen LogP contribution in [0.4, 0.5) is 0 Å². The van der Waals surface area contributed by atoms with Crippen molar-refractivity contribution in [2.75, 3.05) is 13.1 Å². The van der Waals surface area contributed by atoms with Crippen molar-refractivity contribution in [3.8, 4) is 0 Å². The summed E-state index contributed by atoms with van der Waals surface area (Å²) in [6.07, 6.45) is 8.86. The molecule has 5 heteroatoms. The molecule has 24 heavy (non-hydrogen) atoms. The quantitative estimate of drug-likeness (QED) is 0.853. The molecule has 1 fully saturated rings. The van der Waals surface area contributed by atoms with Crippen LogP contribution in [0.2, 0.25) is 0 Å². The Kier molecular flexibility index (Phi) is 4.27. The Morgan fingerprint density at radius 2 is 2.17 bits per heavy atom. The second-order valence-electron chi connectivity index (χ2n) is 7.33. The van der Waals surface area contributed by atoms with Crippen molar-refractivity contribution in [3.05, 3.63) is 39.3 Å². The van der Waals surface area contributed by atoms with Gasteiger partial charge in [-0.1, -0.05) is 6.92 Å². The largest absolute Gasteiger partial charge is 0.367 e. The third-order valence-corrected chi connectivity index (χ3v) is 6.73. The van der Waals surface area contributed by atoms with E-state index in [4.69, 9.17) is 4.74 Å². The lowest BCUT2D eigenvalue weighted by molar-refractivity contribution is -0.133. The van der Waals surface area contributed by atoms with Crippen LogP contribution in [0.15, 0.2) is 18.5 Å². The Labute approximate surface area is 148 Å². The summed E-state index contributed by atoms with van der Waals surface area (Å²) in [5.41, 5.74) is 2.77. The van der Waals surface area contributed by atoms with Crippen molar-refractivity contribution in [1.82, 2.24) is 14.7 Å². The third kappa shape index (κ3) is 2.93. The molecule has 2 aliphatic rings. The van der Waals surface area contributed by atoms with Gasteiger partial charge in [0.25, 0.3) is 0 Å². The number of fused-ring (bicyclic) bond motifs is 2. The summed E-state index contributed by atoms with van der Waals surface area (Å²) >= 11 is 2.01. The van der Waals surface area contributed by atoms with E-state index < -0.39 is 0 Å². The van der Waals surface area contributed by atoms with Gasteiger partial charge in [0.2, 0.25) is 0 Å². The molecule has 1 spiro atoms. The predicted molar refractivity (Wildman–Crippen MR) is 97.3 cm³/mol. The van der Waals surface area contributed by atoms with E-state index in [1.165, 1.54) is 16.0 Å². The van der Waals surface area contributed by atoms with E-state index in [0.29, 0.717) is 6.10 Å². The van der Waals surface area contributed by atoms with Crippen LogP contribution in [0.5, 0.6) is 0 Å². The molecule has 1 saturated heterocycles. The molecule has 4 rings (SSSR count). The highest BCUT2D eigenvalue weighted by Gasteiger charge is 2.43. The van der Waals surface area contributed by atoms with E-state index >= 15 is 0 Å². The highest BCUT2D eigenvalue weighted by Crippen LogP contribution is 2.46. The zero-order valence-electron chi connectivity index (χ0n) is 14.9. The fourth-order valence-corrected chi connectivity index (χ4v) is 5.53. The van der Waals surface area contributed by atoms with Gasteiger partial charge in [0.1, 0.15) is 0 Å². The Hall–Kier alpha value is -1.17. The smallest absolute Gasteiger partial charge is 0.0970 e. The molecule has 4 heterocycles. The maximum Gasteiger partial charge on any atom is 0.0970 e. The number of nitrogens with zero attached hydrogens (tertiary/aromatic N) is 3. The van der Waals surface area contributed by atoms with Crippen molar-refractivity contribution >= 4 is 11.3 Å². The molecule has 4 nitrogen and oxygen atoms in total. The summed E-state index contributed by atoms with van der Waals surface area (Å²) < 4.78 is 8.45. The van der Waals surface area contributed by atoms with Gasteiger partial charge in [-0.15, -0.1) is 11.3 Å². The van der Waals surface area contributed by atoms with E-state index in [9.17, 15) is 0 Å². The molecule has 0 saturated carbocycles. The summed E-state index contributed by atoms with van der Waals surface area (Å²) in [6.45, 7) is 7.68. The van der Waals surface area contributed by atoms with Gasteiger partial charge in [0.05, 0.1) is 17.9 Å². The molecule has 0 aliphatic carbocycles. The number of likely N-dealkylation sites (tertiary alicyclic amines) is 1. The van der Waals surface area contributed by atoms with Crippen LogP contribution in [0.25, 0.3) is 0 Å². The monoisotopic (exact) mass is 345 g/mol. The molecule has 0 unspecified atom stereocenters. The van der Waals surface area contributed by atoms with Gasteiger partial charge in [0.15, 0.2) is 0 Å². The minimum atomic E-state index is -0.0393. The molecular formula is C19H27N3OS. The first-order valence-electron chi connectivity index (χ1n) is 9.08. The lowest BCUT2D eigenvalue weighted by atomic mass is 9.81. The lowest BCUT2D eigenvalue weighted by Gasteiger charge is -2.46. The maximum atomic E-state index is 6.57. The average molecular weight is 346 g/mol. The first-order valence-corrected chi connectivity index (χ1v) is 9.89. The molecule has 2 aliphatic heterocycles. The Balaban J connectivity index is 1.50. The van der Waals surface area contributed by atoms with Crippen LogP contribution < -0.4 is 0 Å². The Bertz CT molecular complexity index is 712. The zero-order valence-corrected chi connectivity index (χ0v) is 15.7. The van der Waals surface area contributed by atoms with Gasteiger partial charge in [-0.3, -0.25) is 9.58 Å². The third-order valence-electron chi connectivity index (χ3n) is 5.43. The number of thiophene rings is 1. The summed E-state index contributed by atoms with van der Waals surface area (Å²) in [7, 11) is 1.98. The molecule has 0 bridgehead atoms. The number of hydrogen-bond donors (Lipinski definition) is 0. The topological polar surface area (TPSA) is 30.3 Å². The number of hydrogen-bond acceptors (Lipinski definition) is 4. The van der Waals surface area contributed by atoms with E-state index in [1.54, 1.807) is 4.88 Å². The number of piperidine rings is 1. The molecular weight excluding hydrogens is 318 g/mol. The average Bonchev–Trinajstić information content (AvgIpc) is 3.16. The van der Waals surface area contributed by atoms with Crippen molar-refractivity contribution in [1.29, 1.82) is 0 Å². The summed E-state index contributed by atoms with van der Waals surface area (Å²) in [5.74, 6) is 0. The van der Waals surface area contributed by atoms with Crippen LogP contribution in [0.1, 0.15) is 47.6 Å². The van der Waals surface area contributed by atoms with Crippen molar-refractivity contribution in [2.45, 2.75) is 57.8 Å². The molecule has 130 valence electrons. The summed E-state index contributed by atoms with van der Waals surface area (Å²) in [6, 6.07) is 2.43. The minimum Gasteiger partial charge on any atom is -0.367 e. The van der Waals surface area contributed by atoms with Crippen molar-refractivity contribution in [2.24, 2.45) is 7.05 Å². The minimum absolute atomic E-state index is 0.0393. The summed E-state index contributed by atoms with van der Waals surface area (Å²) in [4.78, 5) is 5.62. The van der Waals surface area contributed by atoms with Gasteiger partial charge in [-0.2, -0.15) is 5.10 Å². The van der Waals surface area contributed by atoms with Crippen LogP contribution in [-0.2, 0) is 36.8 Å². The van der Waals surface area contributed by atoms with Crippen LogP contribution >= 0.6 is 11.3 Å². The van der Waals surface area contributed by atoms with E-state index in [1.807, 2.05) is 29.3 Å². The number of rotatable bonds is 3. The summed E-state index contributed by atoms with van der Waals surface area (Å²) in [5, 5.41) is 4.28. The molecule has 1 atom stereocenters. The van der Waals surface area contributed by atoms with Gasteiger partial charge < -0.3 is 4.74 Å². The Morgan fingerprint density at radius 1 is 1.38 bits per heavy atom. The van der Waals surface area contributed by atoms with Gasteiger partial charge >= 0.3 is 0 Å². The number of ether oxygens (including phenoxy) is 1. The van der Waals surface area contributed by atoms with Crippen LogP contribution in [-0.4, -0.2) is 33.9 Å². The molecule has 2 aromatic heterocycles. The predicted octanol–water partition coefficient (Wildman–Crippen LogP) is 3.50. The number of aryl methyl sites for hydroxylation is 2. The highest BCUT2D eigenvalue weighted by molar-refractivity contribution is 7.12. The molecule has 0 aromatic carbocycles. The van der Waals surface area contributed by atoms with Crippen LogP contribution in [0, 0.1) is 0 Å². The maximum absolute atomic E-state index is 6.57. The lowest BCUT2D eigenvalue weighted by Crippen LogP contribution is -2.47. The van der Waals surface area contributed by atoms with Gasteiger partial charge in [-0.05, 0) is 37.8 Å². The molecule has 0 N–H and O–H groups in total. The standard InChI is InChI=1S/C19H27N3OS/c1-4-16-10-17-18(24-16)9-14(2)23-19(17)5-7-22(8-6-19)13-15-11-20-21(3)12-15/h10-12,14H,4-9,13H2,1-3H3/t14-/m1/s1. The fourth-order valence-electron chi connectivity index (χ4n) is 4.22. The fraction of sp³-hybridized carbons (Fsp3) is 0.632. The second-order valence-corrected chi connectivity index (χ2v) is 8.55. The van der Waals surface area contributed by atoms with Gasteiger partial charge in [-0.25, -0.2) is 0 Å². The highest BCUT2D eigenvalue weighted by atomic mass is 32.1. The second kappa shape index (κ2) is 6.28. The van der Waals surface area contributed by atoms with Gasteiger partial charge in [0, 0.05) is 54.6 Å². The van der Waals surface area contributed by atoms with Crippen LogP contribution in [0.3, 0.4) is 0 Å². The SMILES string of the molecule is CCc1cc2c(s1)C[C@@H](C)OC21CCN(Cc2cnn(C)c2)CC1. The van der Waals surface area contributed by atoms with E-state index in [2.05, 4.69) is 36.1 Å². The zero-order chi connectivity index (χ0) is 16.7. The van der Waals surface area contributed by atoms with Crippen molar-refractivity contribution in [3.63, 3.8) is 0 Å². The van der Waals surface area contributed by atoms with E-state index in [0.717, 1.165) is 45.3 Å². The number of aromatic nitrogens is 2. The molecule has 0 radical (unpaired) electrons. The van der Waals surface area contributed by atoms with E-state index in [-0.39, 0.29) is 5.60 Å². The first-order chi connectivity index (χ1) is 11.6. The van der Waals surface area contributed by atoms with Crippen molar-refractivity contribution < 1.29 is 4.74 Å². The normalized spacial score (nSPS) is 23.5.